The van der Waals surface area contributed by atoms with Crippen molar-refractivity contribution in [1.29, 1.82) is 0 Å². The Morgan fingerprint density at radius 1 is 1.14 bits per heavy atom. The number of hydrogen-bond acceptors (Lipinski definition) is 6. The number of amides is 1. The van der Waals surface area contributed by atoms with Crippen molar-refractivity contribution in [2.75, 3.05) is 11.9 Å². The van der Waals surface area contributed by atoms with Crippen LogP contribution in [0.2, 0.25) is 5.02 Å². The first-order valence-corrected chi connectivity index (χ1v) is 12.3. The SMILES string of the molecule is CCOc1cc([C@@H]2[C@H](C)N[C@@]3(C(=O)Nc4ccccc43)[C@H]2[N+](=O)[O-])cc(Cl)c1OCc1ccccc1F. The molecule has 0 unspecified atom stereocenters. The van der Waals surface area contributed by atoms with E-state index < -0.39 is 40.2 Å². The van der Waals surface area contributed by atoms with Gasteiger partial charge in [0.1, 0.15) is 12.4 Å². The highest BCUT2D eigenvalue weighted by Gasteiger charge is 2.67. The fraction of sp³-hybridized carbons (Fsp3) is 0.296. The smallest absolute Gasteiger partial charge is 0.256 e. The number of carbonyl (C=O) groups is 1. The monoisotopic (exact) mass is 525 g/mol. The Kier molecular flexibility index (Phi) is 6.51. The van der Waals surface area contributed by atoms with Crippen LogP contribution in [0.1, 0.15) is 36.5 Å². The molecule has 0 saturated carbocycles. The molecule has 192 valence electrons. The van der Waals surface area contributed by atoms with E-state index in [9.17, 15) is 19.3 Å². The summed E-state index contributed by atoms with van der Waals surface area (Å²) in [5.74, 6) is -1.10. The molecule has 5 rings (SSSR count). The molecule has 2 N–H and O–H groups in total. The molecule has 0 aliphatic carbocycles. The maximum absolute atomic E-state index is 14.1. The number of carbonyl (C=O) groups excluding carboxylic acids is 1. The van der Waals surface area contributed by atoms with Crippen molar-refractivity contribution in [2.24, 2.45) is 0 Å². The molecule has 3 aromatic carbocycles. The number of halogens is 2. The molecule has 1 spiro atoms. The fourth-order valence-corrected chi connectivity index (χ4v) is 5.78. The molecule has 2 aliphatic heterocycles. The first kappa shape index (κ1) is 25.0. The molecule has 37 heavy (non-hydrogen) atoms. The zero-order valence-corrected chi connectivity index (χ0v) is 20.9. The summed E-state index contributed by atoms with van der Waals surface area (Å²) in [7, 11) is 0. The van der Waals surface area contributed by atoms with Crippen molar-refractivity contribution in [1.82, 2.24) is 5.32 Å². The number of nitro groups is 1. The van der Waals surface area contributed by atoms with Crippen LogP contribution in [0, 0.1) is 15.9 Å². The van der Waals surface area contributed by atoms with E-state index in [4.69, 9.17) is 21.1 Å². The van der Waals surface area contributed by atoms with Crippen LogP contribution in [0.4, 0.5) is 10.1 Å². The minimum atomic E-state index is -1.54. The maximum atomic E-state index is 14.1. The molecule has 0 bridgehead atoms. The van der Waals surface area contributed by atoms with Crippen LogP contribution in [-0.2, 0) is 16.9 Å². The van der Waals surface area contributed by atoms with Gasteiger partial charge in [0, 0.05) is 27.8 Å². The number of nitrogens with one attached hydrogen (secondary N) is 2. The summed E-state index contributed by atoms with van der Waals surface area (Å²) < 4.78 is 25.7. The molecule has 1 amide bonds. The lowest BCUT2D eigenvalue weighted by atomic mass is 9.78. The van der Waals surface area contributed by atoms with Gasteiger partial charge in [-0.05, 0) is 43.7 Å². The largest absolute Gasteiger partial charge is 0.490 e. The summed E-state index contributed by atoms with van der Waals surface area (Å²) in [6.45, 7) is 3.80. The summed E-state index contributed by atoms with van der Waals surface area (Å²) >= 11 is 6.62. The number of rotatable bonds is 7. The zero-order valence-electron chi connectivity index (χ0n) is 20.2. The van der Waals surface area contributed by atoms with Gasteiger partial charge in [0.25, 0.3) is 11.9 Å². The second kappa shape index (κ2) is 9.64. The third-order valence-electron chi connectivity index (χ3n) is 7.01. The highest BCUT2D eigenvalue weighted by Crippen LogP contribution is 2.51. The van der Waals surface area contributed by atoms with Crippen molar-refractivity contribution in [3.05, 3.63) is 98.3 Å². The number of para-hydroxylation sites is 1. The van der Waals surface area contributed by atoms with E-state index in [2.05, 4.69) is 10.6 Å². The van der Waals surface area contributed by atoms with Crippen molar-refractivity contribution in [3.63, 3.8) is 0 Å². The van der Waals surface area contributed by atoms with Crippen LogP contribution in [0.3, 0.4) is 0 Å². The van der Waals surface area contributed by atoms with Crippen molar-refractivity contribution < 1.29 is 23.6 Å². The number of ether oxygens (including phenoxy) is 2. The Labute approximate surface area is 217 Å². The van der Waals surface area contributed by atoms with E-state index in [0.717, 1.165) is 0 Å². The predicted molar refractivity (Wildman–Crippen MR) is 136 cm³/mol. The van der Waals surface area contributed by atoms with Crippen LogP contribution >= 0.6 is 11.6 Å². The Hall–Kier alpha value is -3.69. The van der Waals surface area contributed by atoms with E-state index in [1.165, 1.54) is 6.07 Å². The van der Waals surface area contributed by atoms with Gasteiger partial charge in [0.2, 0.25) is 0 Å². The highest BCUT2D eigenvalue weighted by atomic mass is 35.5. The summed E-state index contributed by atoms with van der Waals surface area (Å²) in [5.41, 5.74) is 0.423. The highest BCUT2D eigenvalue weighted by molar-refractivity contribution is 6.32. The number of anilines is 1. The van der Waals surface area contributed by atoms with Gasteiger partial charge < -0.3 is 14.8 Å². The lowest BCUT2D eigenvalue weighted by molar-refractivity contribution is -0.532. The van der Waals surface area contributed by atoms with Crippen LogP contribution < -0.4 is 20.1 Å². The summed E-state index contributed by atoms with van der Waals surface area (Å²) in [4.78, 5) is 25.4. The van der Waals surface area contributed by atoms with Gasteiger partial charge in [-0.3, -0.25) is 20.2 Å². The third kappa shape index (κ3) is 4.08. The molecule has 3 aromatic rings. The average Bonchev–Trinajstić information content (AvgIpc) is 3.33. The molecule has 1 fully saturated rings. The molecule has 4 atom stereocenters. The summed E-state index contributed by atoms with van der Waals surface area (Å²) in [6.07, 6.45) is 0. The maximum Gasteiger partial charge on any atom is 0.256 e. The lowest BCUT2D eigenvalue weighted by Gasteiger charge is -2.25. The van der Waals surface area contributed by atoms with Gasteiger partial charge in [-0.25, -0.2) is 4.39 Å². The van der Waals surface area contributed by atoms with E-state index in [-0.39, 0.29) is 29.7 Å². The van der Waals surface area contributed by atoms with Crippen molar-refractivity contribution >= 4 is 23.2 Å². The molecule has 8 nitrogen and oxygen atoms in total. The minimum absolute atomic E-state index is 0.0786. The van der Waals surface area contributed by atoms with Gasteiger partial charge in [-0.1, -0.05) is 48.0 Å². The number of benzene rings is 3. The van der Waals surface area contributed by atoms with Crippen LogP contribution in [0.15, 0.2) is 60.7 Å². The summed E-state index contributed by atoms with van der Waals surface area (Å²) in [5, 5.41) is 18.8. The van der Waals surface area contributed by atoms with Gasteiger partial charge >= 0.3 is 0 Å². The second-order valence-electron chi connectivity index (χ2n) is 9.14. The molecule has 1 saturated heterocycles. The molecular formula is C27H25ClFN3O5. The Morgan fingerprint density at radius 3 is 2.59 bits per heavy atom. The third-order valence-corrected chi connectivity index (χ3v) is 7.29. The van der Waals surface area contributed by atoms with Gasteiger partial charge in [0.05, 0.1) is 17.5 Å². The van der Waals surface area contributed by atoms with Crippen LogP contribution in [0.25, 0.3) is 0 Å². The Balaban J connectivity index is 1.55. The van der Waals surface area contributed by atoms with Crippen LogP contribution in [0.5, 0.6) is 11.5 Å². The molecule has 2 aliphatic rings. The lowest BCUT2D eigenvalue weighted by Crippen LogP contribution is -2.54. The number of hydrogen-bond donors (Lipinski definition) is 2. The van der Waals surface area contributed by atoms with E-state index >= 15 is 0 Å². The zero-order chi connectivity index (χ0) is 26.3. The molecule has 0 aromatic heterocycles. The van der Waals surface area contributed by atoms with Crippen molar-refractivity contribution in [3.8, 4) is 11.5 Å². The number of nitrogens with zero attached hydrogens (tertiary/aromatic N) is 1. The van der Waals surface area contributed by atoms with E-state index in [1.807, 2.05) is 0 Å². The van der Waals surface area contributed by atoms with Crippen molar-refractivity contribution in [2.45, 2.75) is 44.0 Å². The normalized spacial score (nSPS) is 24.1. The molecule has 2 heterocycles. The minimum Gasteiger partial charge on any atom is -0.490 e. The van der Waals surface area contributed by atoms with Gasteiger partial charge in [-0.2, -0.15) is 0 Å². The fourth-order valence-electron chi connectivity index (χ4n) is 5.50. The first-order valence-electron chi connectivity index (χ1n) is 11.9. The molecule has 0 radical (unpaired) electrons. The predicted octanol–water partition coefficient (Wildman–Crippen LogP) is 5.03. The van der Waals surface area contributed by atoms with E-state index in [1.54, 1.807) is 68.4 Å². The Morgan fingerprint density at radius 2 is 1.86 bits per heavy atom. The topological polar surface area (TPSA) is 103 Å². The molecule has 10 heteroatoms. The quantitative estimate of drug-likeness (QED) is 0.331. The second-order valence-corrected chi connectivity index (χ2v) is 9.55. The van der Waals surface area contributed by atoms with Gasteiger partial charge in [-0.15, -0.1) is 0 Å². The Bertz CT molecular complexity index is 1390. The first-order chi connectivity index (χ1) is 17.8. The van der Waals surface area contributed by atoms with E-state index in [0.29, 0.717) is 22.4 Å². The number of fused-ring (bicyclic) bond motifs is 2. The summed E-state index contributed by atoms with van der Waals surface area (Å²) in [6, 6.07) is 14.7. The standard InChI is InChI=1S/C27H25ClFN3O5/c1-3-36-22-13-17(12-19(28)24(22)37-14-16-8-4-6-10-20(16)29)23-15(2)31-27(25(23)32(34)35)18-9-5-7-11-21(18)30-26(27)33/h4-13,15,23,25,31H,3,14H2,1-2H3,(H,30,33)/t15-,23-,25-,27+/m0/s1. The van der Waals surface area contributed by atoms with Crippen LogP contribution in [-0.4, -0.2) is 29.5 Å². The average molecular weight is 526 g/mol. The molecular weight excluding hydrogens is 501 g/mol. The van der Waals surface area contributed by atoms with Gasteiger partial charge in [0.15, 0.2) is 17.0 Å².